The summed E-state index contributed by atoms with van der Waals surface area (Å²) in [4.78, 5) is 20.6. The predicted molar refractivity (Wildman–Crippen MR) is 129 cm³/mol. The highest BCUT2D eigenvalue weighted by Gasteiger charge is 2.14. The van der Waals surface area contributed by atoms with Crippen molar-refractivity contribution in [1.29, 1.82) is 0 Å². The Kier molecular flexibility index (Phi) is 7.48. The number of aliphatic hydroxyl groups is 1. The number of carbonyl (C=O) groups is 1. The molecular weight excluding hydrogens is 477 g/mol. The molecule has 4 aromatic rings. The van der Waals surface area contributed by atoms with E-state index in [1.165, 1.54) is 24.5 Å². The van der Waals surface area contributed by atoms with Crippen molar-refractivity contribution in [2.45, 2.75) is 19.6 Å². The average molecular weight is 498 g/mol. The molecule has 4 rings (SSSR count). The lowest BCUT2D eigenvalue weighted by Gasteiger charge is -2.14. The quantitative estimate of drug-likeness (QED) is 0.282. The number of nitrogens with one attached hydrogen (secondary N) is 2. The van der Waals surface area contributed by atoms with E-state index in [-0.39, 0.29) is 18.2 Å². The first-order valence-electron chi connectivity index (χ1n) is 10.5. The van der Waals surface area contributed by atoms with Gasteiger partial charge >= 0.3 is 0 Å². The van der Waals surface area contributed by atoms with Crippen LogP contribution in [0, 0.1) is 5.82 Å². The van der Waals surface area contributed by atoms with Crippen LogP contribution in [0.1, 0.15) is 12.1 Å². The summed E-state index contributed by atoms with van der Waals surface area (Å²) in [5.41, 5.74) is 2.00. The number of anilines is 3. The van der Waals surface area contributed by atoms with Gasteiger partial charge in [0.25, 0.3) is 0 Å². The number of halogens is 2. The summed E-state index contributed by atoms with van der Waals surface area (Å²) in [5.74, 6) is -0.188. The lowest BCUT2D eigenvalue weighted by Crippen LogP contribution is -2.10. The van der Waals surface area contributed by atoms with E-state index in [4.69, 9.17) is 21.4 Å². The number of amides is 1. The summed E-state index contributed by atoms with van der Waals surface area (Å²) in [6.45, 7) is 4.17. The number of ether oxygens (including phenoxy) is 1. The van der Waals surface area contributed by atoms with Gasteiger partial charge < -0.3 is 20.5 Å². The second kappa shape index (κ2) is 10.9. The van der Waals surface area contributed by atoms with E-state index in [9.17, 15) is 9.18 Å². The number of fused-ring (bicyclic) bond motifs is 1. The van der Waals surface area contributed by atoms with Crippen molar-refractivity contribution in [3.63, 3.8) is 0 Å². The van der Waals surface area contributed by atoms with Gasteiger partial charge in [-0.15, -0.1) is 5.10 Å². The Morgan fingerprint density at radius 3 is 2.91 bits per heavy atom. The van der Waals surface area contributed by atoms with Gasteiger partial charge in [-0.1, -0.05) is 23.4 Å². The van der Waals surface area contributed by atoms with Gasteiger partial charge in [-0.05, 0) is 36.8 Å². The maximum Gasteiger partial charge on any atom is 0.247 e. The van der Waals surface area contributed by atoms with E-state index >= 15 is 0 Å². The molecule has 0 saturated heterocycles. The third-order valence-electron chi connectivity index (χ3n) is 4.87. The fourth-order valence-corrected chi connectivity index (χ4v) is 3.37. The zero-order valence-electron chi connectivity index (χ0n) is 18.4. The minimum absolute atomic E-state index is 0.0312. The van der Waals surface area contributed by atoms with Crippen molar-refractivity contribution in [2.75, 3.05) is 17.2 Å². The molecule has 35 heavy (non-hydrogen) atoms. The molecule has 0 aliphatic carbocycles. The minimum Gasteiger partial charge on any atom is -0.485 e. The molecule has 1 amide bonds. The monoisotopic (exact) mass is 497 g/mol. The summed E-state index contributed by atoms with van der Waals surface area (Å²) in [7, 11) is 0. The predicted octanol–water partition coefficient (Wildman–Crippen LogP) is 3.84. The fourth-order valence-electron chi connectivity index (χ4n) is 3.19. The molecule has 0 fully saturated rings. The molecular formula is C23H21ClFN7O3. The Hall–Kier alpha value is -4.09. The number of nitrogens with zero attached hydrogens (tertiary/aromatic N) is 5. The van der Waals surface area contributed by atoms with E-state index < -0.39 is 11.7 Å². The highest BCUT2D eigenvalue weighted by molar-refractivity contribution is 6.31. The molecule has 10 nitrogen and oxygen atoms in total. The van der Waals surface area contributed by atoms with E-state index in [1.54, 1.807) is 23.0 Å². The van der Waals surface area contributed by atoms with Crippen molar-refractivity contribution in [3.8, 4) is 5.75 Å². The number of aromatic nitrogens is 5. The zero-order chi connectivity index (χ0) is 24.8. The minimum atomic E-state index is -0.533. The van der Waals surface area contributed by atoms with Gasteiger partial charge in [0.15, 0.2) is 0 Å². The molecule has 0 bridgehead atoms. The van der Waals surface area contributed by atoms with Crippen LogP contribution in [0.3, 0.4) is 0 Å². The highest BCUT2D eigenvalue weighted by Crippen LogP contribution is 2.34. The first-order chi connectivity index (χ1) is 17.0. The number of benzene rings is 2. The van der Waals surface area contributed by atoms with Crippen LogP contribution in [-0.2, 0) is 17.9 Å². The number of hydrogen-bond donors (Lipinski definition) is 3. The van der Waals surface area contributed by atoms with Crippen LogP contribution in [0.2, 0.25) is 5.02 Å². The van der Waals surface area contributed by atoms with E-state index in [2.05, 4.69) is 37.5 Å². The molecule has 3 N–H and O–H groups in total. The number of rotatable bonds is 10. The zero-order valence-corrected chi connectivity index (χ0v) is 19.2. The van der Waals surface area contributed by atoms with Gasteiger partial charge in [0.1, 0.15) is 36.0 Å². The summed E-state index contributed by atoms with van der Waals surface area (Å²) in [6.07, 6.45) is 4.79. The molecule has 2 heterocycles. The third-order valence-corrected chi connectivity index (χ3v) is 5.16. The first-order valence-corrected chi connectivity index (χ1v) is 10.9. The van der Waals surface area contributed by atoms with Crippen LogP contribution >= 0.6 is 11.6 Å². The Morgan fingerprint density at radius 2 is 2.14 bits per heavy atom. The summed E-state index contributed by atoms with van der Waals surface area (Å²) >= 11 is 5.89. The van der Waals surface area contributed by atoms with Gasteiger partial charge in [-0.2, -0.15) is 0 Å². The molecule has 0 radical (unpaired) electrons. The van der Waals surface area contributed by atoms with Gasteiger partial charge in [-0.25, -0.2) is 14.4 Å². The maximum atomic E-state index is 13.5. The largest absolute Gasteiger partial charge is 0.485 e. The van der Waals surface area contributed by atoms with Gasteiger partial charge in [0.2, 0.25) is 5.91 Å². The van der Waals surface area contributed by atoms with Crippen molar-refractivity contribution in [2.24, 2.45) is 0 Å². The van der Waals surface area contributed by atoms with Crippen molar-refractivity contribution in [3.05, 3.63) is 72.0 Å². The number of aliphatic hydroxyl groups excluding tert-OH is 1. The Bertz CT molecular complexity index is 1380. The fraction of sp³-hybridized carbons (Fsp3) is 0.174. The second-order valence-corrected chi connectivity index (χ2v) is 7.78. The van der Waals surface area contributed by atoms with E-state index in [0.717, 1.165) is 6.08 Å². The molecule has 0 saturated carbocycles. The summed E-state index contributed by atoms with van der Waals surface area (Å²) < 4.78 is 21.1. The molecule has 0 atom stereocenters. The summed E-state index contributed by atoms with van der Waals surface area (Å²) in [5, 5.41) is 23.4. The molecule has 2 aromatic heterocycles. The average Bonchev–Trinajstić information content (AvgIpc) is 3.31. The van der Waals surface area contributed by atoms with Gasteiger partial charge in [0, 0.05) is 30.3 Å². The molecule has 12 heteroatoms. The van der Waals surface area contributed by atoms with Crippen LogP contribution in [0.25, 0.3) is 10.9 Å². The molecule has 180 valence electrons. The van der Waals surface area contributed by atoms with Crippen LogP contribution in [-0.4, -0.2) is 42.6 Å². The molecule has 0 unspecified atom stereocenters. The highest BCUT2D eigenvalue weighted by atomic mass is 35.5. The molecule has 0 aliphatic rings. The van der Waals surface area contributed by atoms with Gasteiger partial charge in [-0.3, -0.25) is 9.48 Å². The number of aryl methyl sites for hydroxylation is 1. The van der Waals surface area contributed by atoms with E-state index in [1.807, 2.05) is 0 Å². The Balaban J connectivity index is 1.64. The van der Waals surface area contributed by atoms with Crippen molar-refractivity contribution in [1.82, 2.24) is 25.0 Å². The SMILES string of the molecule is C=CC(=O)Nc1cc2c(Nc3ccc(F)c(Cl)c3)ncnc2cc1OCc1cn(CCCO)nn1. The maximum absolute atomic E-state index is 13.5. The van der Waals surface area contributed by atoms with Crippen molar-refractivity contribution >= 4 is 45.6 Å². The smallest absolute Gasteiger partial charge is 0.247 e. The van der Waals surface area contributed by atoms with Crippen LogP contribution in [0.5, 0.6) is 5.75 Å². The third kappa shape index (κ3) is 5.89. The summed E-state index contributed by atoms with van der Waals surface area (Å²) in [6, 6.07) is 7.54. The second-order valence-electron chi connectivity index (χ2n) is 7.37. The molecule has 0 aliphatic heterocycles. The Labute approximate surface area is 204 Å². The Morgan fingerprint density at radius 1 is 1.29 bits per heavy atom. The van der Waals surface area contributed by atoms with Crippen molar-refractivity contribution < 1.29 is 19.0 Å². The van der Waals surface area contributed by atoms with Crippen LogP contribution < -0.4 is 15.4 Å². The van der Waals surface area contributed by atoms with Gasteiger partial charge in [0.05, 0.1) is 22.4 Å². The van der Waals surface area contributed by atoms with E-state index in [0.29, 0.717) is 52.5 Å². The normalized spacial score (nSPS) is 10.8. The molecule has 2 aromatic carbocycles. The number of carbonyl (C=O) groups excluding carboxylic acids is 1. The lowest BCUT2D eigenvalue weighted by atomic mass is 10.1. The number of hydrogen-bond acceptors (Lipinski definition) is 8. The first kappa shape index (κ1) is 24.0. The topological polar surface area (TPSA) is 127 Å². The standard InChI is InChI=1S/C23H21ClFN7O3/c1-2-22(34)29-20-9-16-19(10-21(20)35-12-15-11-32(31-30-15)6-3-7-33)26-13-27-23(16)28-14-4-5-18(25)17(24)8-14/h2,4-5,8-11,13,33H,1,3,6-7,12H2,(H,29,34)(H,26,27,28). The van der Waals surface area contributed by atoms with Crippen LogP contribution in [0.4, 0.5) is 21.6 Å². The van der Waals surface area contributed by atoms with Crippen LogP contribution in [0.15, 0.2) is 55.5 Å². The lowest BCUT2D eigenvalue weighted by molar-refractivity contribution is -0.111. The molecule has 0 spiro atoms.